The zero-order valence-electron chi connectivity index (χ0n) is 9.04. The number of nitrogens with one attached hydrogen (secondary N) is 2. The third-order valence-electron chi connectivity index (χ3n) is 2.06. The highest BCUT2D eigenvalue weighted by molar-refractivity contribution is 8.14. The Morgan fingerprint density at radius 2 is 1.94 bits per heavy atom. The lowest BCUT2D eigenvalue weighted by Crippen LogP contribution is -2.26. The van der Waals surface area contributed by atoms with Crippen molar-refractivity contribution in [1.29, 1.82) is 0 Å². The monoisotopic (exact) mass is 311 g/mol. The average Bonchev–Trinajstić information content (AvgIpc) is 2.63. The second kappa shape index (κ2) is 6.59. The van der Waals surface area contributed by atoms with Crippen molar-refractivity contribution in [2.24, 2.45) is 4.99 Å². The van der Waals surface area contributed by atoms with Gasteiger partial charge in [0.25, 0.3) is 0 Å². The van der Waals surface area contributed by atoms with Gasteiger partial charge in [-0.2, -0.15) is 0 Å². The quantitative estimate of drug-likeness (QED) is 0.815. The normalized spacial score (nSPS) is 18.3. The number of hydrogen-bond acceptors (Lipinski definition) is 4. The number of amidine groups is 1. The lowest BCUT2D eigenvalue weighted by Gasteiger charge is -2.11. The van der Waals surface area contributed by atoms with Crippen molar-refractivity contribution in [1.82, 2.24) is 5.43 Å². The van der Waals surface area contributed by atoms with Gasteiger partial charge in [0.2, 0.25) is 0 Å². The molecule has 7 heteroatoms. The molecule has 0 bridgehead atoms. The van der Waals surface area contributed by atoms with Crippen LogP contribution in [0.4, 0.5) is 5.69 Å². The number of aliphatic imine (C=N–C) groups is 1. The van der Waals surface area contributed by atoms with Crippen molar-refractivity contribution in [3.8, 4) is 0 Å². The predicted molar refractivity (Wildman–Crippen MR) is 79.8 cm³/mol. The fraction of sp³-hybridized carbons (Fsp3) is 0.300. The Hall–Kier alpha value is -0.290. The van der Waals surface area contributed by atoms with E-state index in [2.05, 4.69) is 22.8 Å². The van der Waals surface area contributed by atoms with Gasteiger partial charge >= 0.3 is 0 Å². The van der Waals surface area contributed by atoms with Crippen molar-refractivity contribution in [3.05, 3.63) is 28.2 Å². The Morgan fingerprint density at radius 1 is 1.29 bits per heavy atom. The van der Waals surface area contributed by atoms with Crippen LogP contribution in [-0.2, 0) is 0 Å². The lowest BCUT2D eigenvalue weighted by molar-refractivity contribution is 0.969. The van der Waals surface area contributed by atoms with Crippen molar-refractivity contribution in [2.45, 2.75) is 12.2 Å². The summed E-state index contributed by atoms with van der Waals surface area (Å²) >= 11 is 13.7. The Kier molecular flexibility index (Phi) is 5.73. The van der Waals surface area contributed by atoms with Crippen LogP contribution in [0, 0.1) is 0 Å². The lowest BCUT2D eigenvalue weighted by atomic mass is 10.3. The van der Waals surface area contributed by atoms with E-state index in [4.69, 9.17) is 23.2 Å². The van der Waals surface area contributed by atoms with Crippen LogP contribution in [0.15, 0.2) is 23.2 Å². The van der Waals surface area contributed by atoms with Crippen molar-refractivity contribution >= 4 is 58.2 Å². The minimum Gasteiger partial charge on any atom is -0.296 e. The molecule has 0 aliphatic carbocycles. The van der Waals surface area contributed by atoms with Gasteiger partial charge < -0.3 is 0 Å². The highest BCUT2D eigenvalue weighted by Gasteiger charge is 2.15. The molecule has 0 saturated heterocycles. The van der Waals surface area contributed by atoms with Gasteiger partial charge in [0.1, 0.15) is 0 Å². The number of halogens is 3. The Labute approximate surface area is 121 Å². The highest BCUT2D eigenvalue weighted by Crippen LogP contribution is 2.29. The molecule has 1 unspecified atom stereocenters. The highest BCUT2D eigenvalue weighted by atomic mass is 35.5. The van der Waals surface area contributed by atoms with Gasteiger partial charge in [0.15, 0.2) is 5.17 Å². The number of nitrogens with zero attached hydrogens (tertiary/aromatic N) is 1. The summed E-state index contributed by atoms with van der Waals surface area (Å²) < 4.78 is 0. The van der Waals surface area contributed by atoms with E-state index in [0.717, 1.165) is 11.7 Å². The van der Waals surface area contributed by atoms with Crippen LogP contribution >= 0.6 is 47.4 Å². The molecule has 1 aliphatic rings. The number of thioether (sulfide) groups is 1. The molecular formula is C10H12Cl3N3S. The average molecular weight is 313 g/mol. The van der Waals surface area contributed by atoms with E-state index in [1.54, 1.807) is 30.0 Å². The molecule has 0 amide bonds. The van der Waals surface area contributed by atoms with Crippen LogP contribution < -0.4 is 10.9 Å². The van der Waals surface area contributed by atoms with E-state index >= 15 is 0 Å². The smallest absolute Gasteiger partial charge is 0.175 e. The number of hydrazine groups is 1. The first-order valence-corrected chi connectivity index (χ1v) is 6.47. The summed E-state index contributed by atoms with van der Waals surface area (Å²) in [6.07, 6.45) is 0. The molecule has 94 valence electrons. The topological polar surface area (TPSA) is 36.4 Å². The molecule has 0 radical (unpaired) electrons. The van der Waals surface area contributed by atoms with Crippen LogP contribution in [0.25, 0.3) is 0 Å². The largest absolute Gasteiger partial charge is 0.296 e. The standard InChI is InChI=1S/C10H11Cl2N3S.ClH/c1-6-5-13-10(16-6)15-14-9-7(11)3-2-4-8(9)12;/h2-4,6,14H,5H2,1H3,(H,13,15);1H. The molecule has 1 heterocycles. The number of anilines is 1. The molecule has 0 aromatic heterocycles. The summed E-state index contributed by atoms with van der Waals surface area (Å²) in [5.74, 6) is 0. The van der Waals surface area contributed by atoms with Crippen molar-refractivity contribution in [2.75, 3.05) is 12.0 Å². The maximum atomic E-state index is 6.01. The number of benzene rings is 1. The maximum Gasteiger partial charge on any atom is 0.175 e. The molecular weight excluding hydrogens is 301 g/mol. The van der Waals surface area contributed by atoms with Gasteiger partial charge in [0, 0.05) is 5.25 Å². The molecule has 0 saturated carbocycles. The fourth-order valence-electron chi connectivity index (χ4n) is 1.28. The van der Waals surface area contributed by atoms with Gasteiger partial charge in [0.05, 0.1) is 22.3 Å². The molecule has 1 aliphatic heterocycles. The third kappa shape index (κ3) is 3.85. The molecule has 1 atom stereocenters. The number of para-hydroxylation sites is 1. The molecule has 2 rings (SSSR count). The van der Waals surface area contributed by atoms with Crippen molar-refractivity contribution in [3.63, 3.8) is 0 Å². The second-order valence-corrected chi connectivity index (χ2v) is 5.66. The Morgan fingerprint density at radius 3 is 2.47 bits per heavy atom. The molecule has 2 N–H and O–H groups in total. The van der Waals surface area contributed by atoms with E-state index in [-0.39, 0.29) is 12.4 Å². The number of hydrogen-bond donors (Lipinski definition) is 2. The van der Waals surface area contributed by atoms with Crippen molar-refractivity contribution < 1.29 is 0 Å². The van der Waals surface area contributed by atoms with Crippen LogP contribution in [0.5, 0.6) is 0 Å². The fourth-order valence-corrected chi connectivity index (χ4v) is 2.56. The minimum absolute atomic E-state index is 0. The van der Waals surface area contributed by atoms with Crippen LogP contribution in [0.2, 0.25) is 10.0 Å². The first kappa shape index (κ1) is 14.8. The van der Waals surface area contributed by atoms with Gasteiger partial charge in [-0.15, -0.1) is 12.4 Å². The molecule has 3 nitrogen and oxygen atoms in total. The zero-order chi connectivity index (χ0) is 11.5. The first-order chi connectivity index (χ1) is 7.66. The summed E-state index contributed by atoms with van der Waals surface area (Å²) in [5.41, 5.74) is 6.66. The minimum atomic E-state index is 0. The second-order valence-electron chi connectivity index (χ2n) is 3.42. The molecule has 0 fully saturated rings. The summed E-state index contributed by atoms with van der Waals surface area (Å²) in [6, 6.07) is 5.37. The van der Waals surface area contributed by atoms with Gasteiger partial charge in [-0.05, 0) is 12.1 Å². The van der Waals surface area contributed by atoms with E-state index in [1.165, 1.54) is 0 Å². The van der Waals surface area contributed by atoms with E-state index in [1.807, 2.05) is 0 Å². The number of rotatable bonds is 2. The van der Waals surface area contributed by atoms with Gasteiger partial charge in [-0.25, -0.2) is 0 Å². The van der Waals surface area contributed by atoms with Gasteiger partial charge in [-0.1, -0.05) is 48.0 Å². The molecule has 1 aromatic carbocycles. The SMILES string of the molecule is CC1CN=C(NNc2c(Cl)cccc2Cl)S1.Cl. The van der Waals surface area contributed by atoms with Gasteiger partial charge in [-0.3, -0.25) is 15.8 Å². The molecule has 17 heavy (non-hydrogen) atoms. The predicted octanol–water partition coefficient (Wildman–Crippen LogP) is 3.82. The summed E-state index contributed by atoms with van der Waals surface area (Å²) in [6.45, 7) is 2.97. The van der Waals surface area contributed by atoms with E-state index in [0.29, 0.717) is 21.0 Å². The van der Waals surface area contributed by atoms with Crippen LogP contribution in [0.3, 0.4) is 0 Å². The first-order valence-electron chi connectivity index (χ1n) is 4.84. The van der Waals surface area contributed by atoms with Crippen LogP contribution in [-0.4, -0.2) is 17.0 Å². The third-order valence-corrected chi connectivity index (χ3v) is 3.70. The Bertz CT molecular complexity index is 405. The molecule has 0 spiro atoms. The summed E-state index contributed by atoms with van der Waals surface area (Å²) in [5, 5.41) is 2.54. The molecule has 1 aromatic rings. The maximum absolute atomic E-state index is 6.01. The van der Waals surface area contributed by atoms with E-state index in [9.17, 15) is 0 Å². The summed E-state index contributed by atoms with van der Waals surface area (Å²) in [4.78, 5) is 4.31. The zero-order valence-corrected chi connectivity index (χ0v) is 12.2. The van der Waals surface area contributed by atoms with E-state index < -0.39 is 0 Å². The Balaban J connectivity index is 0.00000144. The summed E-state index contributed by atoms with van der Waals surface area (Å²) in [7, 11) is 0. The van der Waals surface area contributed by atoms with Crippen LogP contribution in [0.1, 0.15) is 6.92 Å².